The number of aryl methyl sites for hydroxylation is 2. The third-order valence-electron chi connectivity index (χ3n) is 4.37. The zero-order valence-electron chi connectivity index (χ0n) is 13.2. The van der Waals surface area contributed by atoms with Gasteiger partial charge in [0.2, 0.25) is 0 Å². The summed E-state index contributed by atoms with van der Waals surface area (Å²) in [6, 6.07) is 6.69. The van der Waals surface area contributed by atoms with Gasteiger partial charge in [0.05, 0.1) is 0 Å². The van der Waals surface area contributed by atoms with Gasteiger partial charge in [-0.2, -0.15) is 0 Å². The fourth-order valence-electron chi connectivity index (χ4n) is 3.16. The normalized spacial score (nSPS) is 13.7. The molecule has 0 atom stereocenters. The number of hydrogen-bond acceptors (Lipinski definition) is 5. The standard InChI is InChI=1S/C18H16N2O4/c1-10-8-16(21)23-15-9-11(6-7-12(10)15)19-18(22)17-13-4-2-3-5-14(13)24-20-17/h6-9H,2-5H2,1H3,(H,19,22). The van der Waals surface area contributed by atoms with Crippen LogP contribution in [0, 0.1) is 6.92 Å². The van der Waals surface area contributed by atoms with E-state index < -0.39 is 5.63 Å². The molecule has 1 N–H and O–H groups in total. The predicted octanol–water partition coefficient (Wildman–Crippen LogP) is 3.22. The third kappa shape index (κ3) is 2.50. The Morgan fingerprint density at radius 2 is 2.04 bits per heavy atom. The first kappa shape index (κ1) is 14.7. The number of carbonyl (C=O) groups excluding carboxylic acids is 1. The summed E-state index contributed by atoms with van der Waals surface area (Å²) in [6.07, 6.45) is 3.74. The molecule has 122 valence electrons. The van der Waals surface area contributed by atoms with Gasteiger partial charge in [0.25, 0.3) is 5.91 Å². The first-order valence-corrected chi connectivity index (χ1v) is 7.95. The number of amides is 1. The monoisotopic (exact) mass is 324 g/mol. The minimum absolute atomic E-state index is 0.309. The van der Waals surface area contributed by atoms with Crippen LogP contribution in [0.5, 0.6) is 0 Å². The zero-order chi connectivity index (χ0) is 16.7. The van der Waals surface area contributed by atoms with Crippen LogP contribution >= 0.6 is 0 Å². The average molecular weight is 324 g/mol. The van der Waals surface area contributed by atoms with Crippen LogP contribution in [0.2, 0.25) is 0 Å². The number of rotatable bonds is 2. The van der Waals surface area contributed by atoms with Crippen LogP contribution in [0.3, 0.4) is 0 Å². The molecule has 1 aromatic carbocycles. The number of anilines is 1. The highest BCUT2D eigenvalue weighted by Crippen LogP contribution is 2.26. The maximum absolute atomic E-state index is 12.5. The smallest absolute Gasteiger partial charge is 0.336 e. The van der Waals surface area contributed by atoms with E-state index in [1.165, 1.54) is 6.07 Å². The Morgan fingerprint density at radius 3 is 2.92 bits per heavy atom. The van der Waals surface area contributed by atoms with E-state index in [1.54, 1.807) is 12.1 Å². The zero-order valence-corrected chi connectivity index (χ0v) is 13.2. The number of hydrogen-bond donors (Lipinski definition) is 1. The van der Waals surface area contributed by atoms with Crippen LogP contribution in [-0.2, 0) is 12.8 Å². The van der Waals surface area contributed by atoms with Gasteiger partial charge in [0, 0.05) is 35.2 Å². The SMILES string of the molecule is Cc1cc(=O)oc2cc(NC(=O)c3noc4c3CCCC4)ccc12. The van der Waals surface area contributed by atoms with Gasteiger partial charge in [-0.15, -0.1) is 0 Å². The third-order valence-corrected chi connectivity index (χ3v) is 4.37. The van der Waals surface area contributed by atoms with Gasteiger partial charge in [-0.1, -0.05) is 5.16 Å². The Kier molecular flexibility index (Phi) is 3.45. The molecule has 6 nitrogen and oxygen atoms in total. The highest BCUT2D eigenvalue weighted by atomic mass is 16.5. The van der Waals surface area contributed by atoms with Crippen molar-refractivity contribution in [1.29, 1.82) is 0 Å². The second kappa shape index (κ2) is 5.63. The van der Waals surface area contributed by atoms with Crippen LogP contribution in [0.25, 0.3) is 11.0 Å². The molecular formula is C18H16N2O4. The number of nitrogens with one attached hydrogen (secondary N) is 1. The lowest BCUT2D eigenvalue weighted by atomic mass is 9.96. The van der Waals surface area contributed by atoms with Crippen molar-refractivity contribution in [3.8, 4) is 0 Å². The molecule has 24 heavy (non-hydrogen) atoms. The number of fused-ring (bicyclic) bond motifs is 2. The second-order valence-corrected chi connectivity index (χ2v) is 6.05. The van der Waals surface area contributed by atoms with E-state index >= 15 is 0 Å². The molecule has 0 unspecified atom stereocenters. The van der Waals surface area contributed by atoms with Crippen molar-refractivity contribution in [3.63, 3.8) is 0 Å². The van der Waals surface area contributed by atoms with Crippen molar-refractivity contribution in [2.75, 3.05) is 5.32 Å². The molecule has 0 radical (unpaired) electrons. The largest absolute Gasteiger partial charge is 0.423 e. The van der Waals surface area contributed by atoms with E-state index in [4.69, 9.17) is 8.94 Å². The van der Waals surface area contributed by atoms with Gasteiger partial charge >= 0.3 is 5.63 Å². The summed E-state index contributed by atoms with van der Waals surface area (Å²) in [5.74, 6) is 0.503. The summed E-state index contributed by atoms with van der Waals surface area (Å²) in [5.41, 5.74) is 2.67. The first-order valence-electron chi connectivity index (χ1n) is 7.95. The van der Waals surface area contributed by atoms with Crippen molar-refractivity contribution in [2.24, 2.45) is 0 Å². The molecule has 3 aromatic rings. The van der Waals surface area contributed by atoms with Gasteiger partial charge in [0.15, 0.2) is 5.69 Å². The Bertz CT molecular complexity index is 1000. The fraction of sp³-hybridized carbons (Fsp3) is 0.278. The first-order chi connectivity index (χ1) is 11.6. The summed E-state index contributed by atoms with van der Waals surface area (Å²) >= 11 is 0. The Labute approximate surface area is 137 Å². The minimum atomic E-state index is -0.408. The fourth-order valence-corrected chi connectivity index (χ4v) is 3.16. The maximum Gasteiger partial charge on any atom is 0.336 e. The van der Waals surface area contributed by atoms with Crippen molar-refractivity contribution in [3.05, 3.63) is 57.3 Å². The van der Waals surface area contributed by atoms with Gasteiger partial charge in [-0.25, -0.2) is 4.79 Å². The van der Waals surface area contributed by atoms with E-state index in [9.17, 15) is 9.59 Å². The molecule has 6 heteroatoms. The molecular weight excluding hydrogens is 308 g/mol. The van der Waals surface area contributed by atoms with Gasteiger partial charge < -0.3 is 14.3 Å². The van der Waals surface area contributed by atoms with Crippen LogP contribution < -0.4 is 10.9 Å². The lowest BCUT2D eigenvalue weighted by Crippen LogP contribution is -2.15. The Balaban J connectivity index is 1.65. The van der Waals surface area contributed by atoms with Crippen LogP contribution in [0.4, 0.5) is 5.69 Å². The number of aromatic nitrogens is 1. The number of nitrogens with zero attached hydrogens (tertiary/aromatic N) is 1. The van der Waals surface area contributed by atoms with E-state index in [1.807, 2.05) is 13.0 Å². The molecule has 0 saturated heterocycles. The van der Waals surface area contributed by atoms with E-state index in [2.05, 4.69) is 10.5 Å². The lowest BCUT2D eigenvalue weighted by Gasteiger charge is -2.09. The lowest BCUT2D eigenvalue weighted by molar-refractivity contribution is 0.101. The highest BCUT2D eigenvalue weighted by Gasteiger charge is 2.24. The van der Waals surface area contributed by atoms with Crippen molar-refractivity contribution >= 4 is 22.6 Å². The Hall–Kier alpha value is -2.89. The number of carbonyl (C=O) groups is 1. The predicted molar refractivity (Wildman–Crippen MR) is 88.3 cm³/mol. The van der Waals surface area contributed by atoms with Gasteiger partial charge in [-0.3, -0.25) is 4.79 Å². The molecule has 2 heterocycles. The van der Waals surface area contributed by atoms with E-state index in [0.717, 1.165) is 48.0 Å². The summed E-state index contributed by atoms with van der Waals surface area (Å²) in [4.78, 5) is 24.0. The molecule has 1 amide bonds. The quantitative estimate of drug-likeness (QED) is 0.732. The van der Waals surface area contributed by atoms with Crippen LogP contribution in [0.15, 0.2) is 38.0 Å². The minimum Gasteiger partial charge on any atom is -0.423 e. The van der Waals surface area contributed by atoms with Crippen molar-refractivity contribution in [2.45, 2.75) is 32.6 Å². The molecule has 0 bridgehead atoms. The van der Waals surface area contributed by atoms with Crippen molar-refractivity contribution < 1.29 is 13.7 Å². The average Bonchev–Trinajstić information content (AvgIpc) is 2.98. The molecule has 1 aliphatic rings. The molecule has 4 rings (SSSR count). The van der Waals surface area contributed by atoms with Gasteiger partial charge in [0.1, 0.15) is 11.3 Å². The van der Waals surface area contributed by atoms with Crippen LogP contribution in [-0.4, -0.2) is 11.1 Å². The Morgan fingerprint density at radius 1 is 1.21 bits per heavy atom. The van der Waals surface area contributed by atoms with E-state index in [0.29, 0.717) is 17.0 Å². The molecule has 0 fully saturated rings. The van der Waals surface area contributed by atoms with Gasteiger partial charge in [-0.05, 0) is 43.9 Å². The summed E-state index contributed by atoms with van der Waals surface area (Å²) in [7, 11) is 0. The topological polar surface area (TPSA) is 85.3 Å². The van der Waals surface area contributed by atoms with E-state index in [-0.39, 0.29) is 5.91 Å². The maximum atomic E-state index is 12.5. The molecule has 1 aliphatic carbocycles. The molecule has 2 aromatic heterocycles. The molecule has 0 spiro atoms. The summed E-state index contributed by atoms with van der Waals surface area (Å²) in [6.45, 7) is 1.85. The number of benzene rings is 1. The van der Waals surface area contributed by atoms with Crippen LogP contribution in [0.1, 0.15) is 40.2 Å². The summed E-state index contributed by atoms with van der Waals surface area (Å²) in [5, 5.41) is 7.57. The molecule has 0 aliphatic heterocycles. The summed E-state index contributed by atoms with van der Waals surface area (Å²) < 4.78 is 10.5. The van der Waals surface area contributed by atoms with Crippen molar-refractivity contribution in [1.82, 2.24) is 5.16 Å². The second-order valence-electron chi connectivity index (χ2n) is 6.05. The molecule has 0 saturated carbocycles. The highest BCUT2D eigenvalue weighted by molar-refractivity contribution is 6.04.